The Morgan fingerprint density at radius 3 is 2.52 bits per heavy atom. The predicted octanol–water partition coefficient (Wildman–Crippen LogP) is 5.76. The maximum atomic E-state index is 12.7. The Balaban J connectivity index is 1.47. The van der Waals surface area contributed by atoms with Gasteiger partial charge in [0.15, 0.2) is 5.58 Å². The fourth-order valence-electron chi connectivity index (χ4n) is 2.89. The highest BCUT2D eigenvalue weighted by molar-refractivity contribution is 7.22. The lowest BCUT2D eigenvalue weighted by Gasteiger charge is -2.16. The number of amides is 2. The molecule has 0 saturated heterocycles. The summed E-state index contributed by atoms with van der Waals surface area (Å²) in [6, 6.07) is 16.5. The molecule has 168 valence electrons. The molecule has 33 heavy (non-hydrogen) atoms. The SMILES string of the molecule is COC(=O)c1cc2sc(N(C)C(=O)Nc3ccc(Oc4ccccc4Cl)cc3)cc2oc1=O. The average molecular weight is 485 g/mol. The van der Waals surface area contributed by atoms with Crippen LogP contribution in [0, 0.1) is 0 Å². The number of carbonyl (C=O) groups excluding carboxylic acids is 2. The Morgan fingerprint density at radius 2 is 1.82 bits per heavy atom. The lowest BCUT2D eigenvalue weighted by molar-refractivity contribution is 0.0596. The molecule has 4 rings (SSSR count). The number of fused-ring (bicyclic) bond motifs is 1. The zero-order chi connectivity index (χ0) is 23.5. The Labute approximate surface area is 196 Å². The van der Waals surface area contributed by atoms with Crippen LogP contribution in [-0.2, 0) is 4.74 Å². The first-order chi connectivity index (χ1) is 15.9. The van der Waals surface area contributed by atoms with Crippen LogP contribution in [-0.4, -0.2) is 26.2 Å². The molecule has 4 aromatic rings. The van der Waals surface area contributed by atoms with Crippen molar-refractivity contribution in [2.75, 3.05) is 24.4 Å². The molecule has 2 amide bonds. The van der Waals surface area contributed by atoms with E-state index in [0.29, 0.717) is 31.9 Å². The maximum absolute atomic E-state index is 12.7. The van der Waals surface area contributed by atoms with Crippen LogP contribution in [0.2, 0.25) is 5.02 Å². The summed E-state index contributed by atoms with van der Waals surface area (Å²) >= 11 is 7.30. The highest BCUT2D eigenvalue weighted by atomic mass is 35.5. The molecule has 0 spiro atoms. The summed E-state index contributed by atoms with van der Waals surface area (Å²) in [6.07, 6.45) is 0. The lowest BCUT2D eigenvalue weighted by Crippen LogP contribution is -2.30. The highest BCUT2D eigenvalue weighted by Gasteiger charge is 2.19. The zero-order valence-electron chi connectivity index (χ0n) is 17.5. The van der Waals surface area contributed by atoms with E-state index in [1.807, 2.05) is 12.1 Å². The number of carbonyl (C=O) groups is 2. The van der Waals surface area contributed by atoms with Gasteiger partial charge in [0.05, 0.1) is 16.8 Å². The number of esters is 1. The van der Waals surface area contributed by atoms with E-state index in [4.69, 9.17) is 20.8 Å². The molecular weight excluding hydrogens is 468 g/mol. The van der Waals surface area contributed by atoms with Crippen molar-refractivity contribution < 1.29 is 23.5 Å². The number of hydrogen-bond donors (Lipinski definition) is 1. The standard InChI is InChI=1S/C23H17ClN2O6S/c1-26(20-12-18-19(33-20)11-15(21(27)30-2)22(28)32-18)23(29)25-13-7-9-14(10-8-13)31-17-6-4-3-5-16(17)24/h3-12H,1-2H3,(H,25,29). The number of hydrogen-bond acceptors (Lipinski definition) is 7. The van der Waals surface area contributed by atoms with Gasteiger partial charge in [-0.1, -0.05) is 23.7 Å². The molecule has 0 atom stereocenters. The molecule has 0 aliphatic heterocycles. The summed E-state index contributed by atoms with van der Waals surface area (Å²) in [5.41, 5.74) is -0.179. The van der Waals surface area contributed by atoms with Gasteiger partial charge in [-0.05, 0) is 42.5 Å². The van der Waals surface area contributed by atoms with Gasteiger partial charge >= 0.3 is 17.6 Å². The van der Waals surface area contributed by atoms with Crippen molar-refractivity contribution in [3.8, 4) is 11.5 Å². The molecule has 0 unspecified atom stereocenters. The van der Waals surface area contributed by atoms with E-state index in [9.17, 15) is 14.4 Å². The number of nitrogens with one attached hydrogen (secondary N) is 1. The van der Waals surface area contributed by atoms with E-state index < -0.39 is 17.6 Å². The largest absolute Gasteiger partial charge is 0.465 e. The van der Waals surface area contributed by atoms with Gasteiger partial charge in [0.1, 0.15) is 22.1 Å². The summed E-state index contributed by atoms with van der Waals surface area (Å²) in [5, 5.41) is 3.80. The molecule has 0 radical (unpaired) electrons. The van der Waals surface area contributed by atoms with Gasteiger partial charge in [-0.25, -0.2) is 14.4 Å². The third-order valence-corrected chi connectivity index (χ3v) is 6.07. The minimum Gasteiger partial charge on any atom is -0.465 e. The van der Waals surface area contributed by atoms with Gasteiger partial charge in [-0.3, -0.25) is 4.90 Å². The quantitative estimate of drug-likeness (QED) is 0.362. The van der Waals surface area contributed by atoms with Gasteiger partial charge in [-0.15, -0.1) is 11.3 Å². The van der Waals surface area contributed by atoms with E-state index in [0.717, 1.165) is 0 Å². The van der Waals surface area contributed by atoms with Crippen LogP contribution >= 0.6 is 22.9 Å². The number of methoxy groups -OCH3 is 1. The Kier molecular flexibility index (Phi) is 6.34. The topological polar surface area (TPSA) is 98.1 Å². The van der Waals surface area contributed by atoms with Gasteiger partial charge in [0, 0.05) is 18.8 Å². The second kappa shape index (κ2) is 9.35. The minimum absolute atomic E-state index is 0.204. The van der Waals surface area contributed by atoms with Crippen molar-refractivity contribution in [2.45, 2.75) is 0 Å². The molecule has 1 N–H and O–H groups in total. The molecule has 0 aliphatic rings. The number of anilines is 2. The first kappa shape index (κ1) is 22.4. The van der Waals surface area contributed by atoms with Crippen molar-refractivity contribution in [2.24, 2.45) is 0 Å². The van der Waals surface area contributed by atoms with Crippen LogP contribution in [0.5, 0.6) is 11.5 Å². The number of para-hydroxylation sites is 1. The number of ether oxygens (including phenoxy) is 2. The molecule has 2 aromatic heterocycles. The monoisotopic (exact) mass is 484 g/mol. The highest BCUT2D eigenvalue weighted by Crippen LogP contribution is 2.33. The van der Waals surface area contributed by atoms with Gasteiger partial charge in [0.25, 0.3) is 0 Å². The summed E-state index contributed by atoms with van der Waals surface area (Å²) < 4.78 is 16.0. The Morgan fingerprint density at radius 1 is 1.09 bits per heavy atom. The smallest absolute Gasteiger partial charge is 0.351 e. The molecule has 0 aliphatic carbocycles. The second-order valence-electron chi connectivity index (χ2n) is 6.80. The molecule has 0 saturated carbocycles. The van der Waals surface area contributed by atoms with E-state index in [-0.39, 0.29) is 11.1 Å². The molecule has 0 bridgehead atoms. The van der Waals surface area contributed by atoms with E-state index in [1.54, 1.807) is 49.5 Å². The maximum Gasteiger partial charge on any atom is 0.351 e. The summed E-state index contributed by atoms with van der Waals surface area (Å²) in [5.74, 6) is 0.312. The van der Waals surface area contributed by atoms with Crippen LogP contribution in [0.3, 0.4) is 0 Å². The lowest BCUT2D eigenvalue weighted by atomic mass is 10.3. The number of thiophene rings is 1. The molecule has 2 aromatic carbocycles. The minimum atomic E-state index is -0.801. The first-order valence-corrected chi connectivity index (χ1v) is 10.8. The van der Waals surface area contributed by atoms with Crippen molar-refractivity contribution in [3.05, 3.63) is 81.7 Å². The van der Waals surface area contributed by atoms with Crippen molar-refractivity contribution in [1.82, 2.24) is 0 Å². The number of benzene rings is 2. The predicted molar refractivity (Wildman–Crippen MR) is 127 cm³/mol. The van der Waals surface area contributed by atoms with Gasteiger partial charge < -0.3 is 19.2 Å². The zero-order valence-corrected chi connectivity index (χ0v) is 19.0. The third kappa shape index (κ3) is 4.84. The van der Waals surface area contributed by atoms with Crippen LogP contribution in [0.15, 0.2) is 69.9 Å². The van der Waals surface area contributed by atoms with Crippen LogP contribution in [0.25, 0.3) is 10.3 Å². The summed E-state index contributed by atoms with van der Waals surface area (Å²) in [6.45, 7) is 0. The summed E-state index contributed by atoms with van der Waals surface area (Å²) in [4.78, 5) is 37.8. The number of rotatable bonds is 5. The number of halogens is 1. The summed E-state index contributed by atoms with van der Waals surface area (Å²) in [7, 11) is 2.76. The van der Waals surface area contributed by atoms with Crippen LogP contribution in [0.1, 0.15) is 10.4 Å². The van der Waals surface area contributed by atoms with Gasteiger partial charge in [-0.2, -0.15) is 0 Å². The first-order valence-electron chi connectivity index (χ1n) is 9.59. The molecule has 10 heteroatoms. The number of urea groups is 1. The van der Waals surface area contributed by atoms with E-state index >= 15 is 0 Å². The van der Waals surface area contributed by atoms with Crippen LogP contribution < -0.4 is 20.6 Å². The van der Waals surface area contributed by atoms with Gasteiger partial charge in [0.2, 0.25) is 0 Å². The normalized spacial score (nSPS) is 10.6. The molecular formula is C23H17ClN2O6S. The number of nitrogens with zero attached hydrogens (tertiary/aromatic N) is 1. The fraction of sp³-hybridized carbons (Fsp3) is 0.0870. The molecule has 8 nitrogen and oxygen atoms in total. The molecule has 2 heterocycles. The Hall–Kier alpha value is -3.82. The van der Waals surface area contributed by atoms with Crippen molar-refractivity contribution >= 4 is 55.9 Å². The van der Waals surface area contributed by atoms with E-state index in [2.05, 4.69) is 10.1 Å². The van der Waals surface area contributed by atoms with Crippen molar-refractivity contribution in [3.63, 3.8) is 0 Å². The average Bonchev–Trinajstić information content (AvgIpc) is 3.23. The van der Waals surface area contributed by atoms with Crippen LogP contribution in [0.4, 0.5) is 15.5 Å². The third-order valence-electron chi connectivity index (χ3n) is 4.62. The Bertz CT molecular complexity index is 1400. The van der Waals surface area contributed by atoms with E-state index in [1.165, 1.54) is 29.4 Å². The second-order valence-corrected chi connectivity index (χ2v) is 8.27. The fourth-order valence-corrected chi connectivity index (χ4v) is 4.05. The van der Waals surface area contributed by atoms with Crippen molar-refractivity contribution in [1.29, 1.82) is 0 Å². The molecule has 0 fully saturated rings.